The third kappa shape index (κ3) is 13.9. The summed E-state index contributed by atoms with van der Waals surface area (Å²) in [4.78, 5) is 33.8. The first-order chi connectivity index (χ1) is 22.7. The summed E-state index contributed by atoms with van der Waals surface area (Å²) in [6.07, 6.45) is 11.9. The Bertz CT molecular complexity index is 1330. The molecular formula is C38H49F3N2O4. The van der Waals surface area contributed by atoms with E-state index < -0.39 is 24.2 Å². The molecule has 1 atom stereocenters. The molecule has 0 aliphatic rings. The number of carbonyl (C=O) groups excluding carboxylic acids is 2. The third-order valence-electron chi connectivity index (χ3n) is 8.15. The fourth-order valence-electron chi connectivity index (χ4n) is 5.29. The summed E-state index contributed by atoms with van der Waals surface area (Å²) in [5.74, 6) is -1.19. The molecule has 0 aliphatic heterocycles. The molecule has 3 rings (SSSR count). The van der Waals surface area contributed by atoms with Crippen LogP contribution < -0.4 is 4.74 Å². The van der Waals surface area contributed by atoms with Gasteiger partial charge in [-0.2, -0.15) is 13.2 Å². The number of unbranched alkanes of at least 4 members (excludes halogenated alkanes) is 12. The van der Waals surface area contributed by atoms with E-state index >= 15 is 0 Å². The second-order valence-corrected chi connectivity index (χ2v) is 12.1. The summed E-state index contributed by atoms with van der Waals surface area (Å²) < 4.78 is 50.6. The highest BCUT2D eigenvalue weighted by Crippen LogP contribution is 2.28. The minimum Gasteiger partial charge on any atom is -0.449 e. The predicted octanol–water partition coefficient (Wildman–Crippen LogP) is 10.9. The van der Waals surface area contributed by atoms with E-state index in [9.17, 15) is 22.8 Å². The number of aryl methyl sites for hydroxylation is 1. The highest BCUT2D eigenvalue weighted by molar-refractivity contribution is 5.91. The summed E-state index contributed by atoms with van der Waals surface area (Å²) in [5.41, 5.74) is 2.17. The molecular weight excluding hydrogens is 605 g/mol. The fraction of sp³-hybridized carbons (Fsp3) is 0.526. The third-order valence-corrected chi connectivity index (χ3v) is 8.15. The molecule has 0 radical (unpaired) electrons. The van der Waals surface area contributed by atoms with Crippen molar-refractivity contribution in [2.75, 3.05) is 0 Å². The van der Waals surface area contributed by atoms with Crippen LogP contribution in [0.5, 0.6) is 5.75 Å². The largest absolute Gasteiger partial charge is 0.449 e. The fourth-order valence-corrected chi connectivity index (χ4v) is 5.29. The maximum Gasteiger partial charge on any atom is 0.425 e. The second-order valence-electron chi connectivity index (χ2n) is 12.1. The molecule has 0 N–H and O–H groups in total. The van der Waals surface area contributed by atoms with Crippen LogP contribution in [0.15, 0.2) is 60.9 Å². The normalized spacial score (nSPS) is 12.1. The number of esters is 2. The predicted molar refractivity (Wildman–Crippen MR) is 178 cm³/mol. The lowest BCUT2D eigenvalue weighted by Gasteiger charge is -2.20. The van der Waals surface area contributed by atoms with Crippen molar-refractivity contribution in [1.29, 1.82) is 0 Å². The van der Waals surface area contributed by atoms with E-state index in [4.69, 9.17) is 9.47 Å². The molecule has 0 aliphatic carbocycles. The Kier molecular flexibility index (Phi) is 16.4. The molecule has 1 aromatic heterocycles. The van der Waals surface area contributed by atoms with Crippen molar-refractivity contribution in [3.05, 3.63) is 77.6 Å². The van der Waals surface area contributed by atoms with Gasteiger partial charge in [0, 0.05) is 18.0 Å². The van der Waals surface area contributed by atoms with Crippen molar-refractivity contribution in [3.8, 4) is 17.1 Å². The van der Waals surface area contributed by atoms with Crippen LogP contribution >= 0.6 is 0 Å². The van der Waals surface area contributed by atoms with Gasteiger partial charge < -0.3 is 9.47 Å². The first-order valence-corrected chi connectivity index (χ1v) is 17.2. The minimum atomic E-state index is -4.65. The molecule has 0 bridgehead atoms. The summed E-state index contributed by atoms with van der Waals surface area (Å²) in [5, 5.41) is 0. The lowest BCUT2D eigenvalue weighted by Crippen LogP contribution is -2.33. The maximum absolute atomic E-state index is 13.5. The quantitative estimate of drug-likeness (QED) is 0.0646. The molecule has 1 unspecified atom stereocenters. The topological polar surface area (TPSA) is 78.4 Å². The Hall–Kier alpha value is -3.75. The van der Waals surface area contributed by atoms with Crippen molar-refractivity contribution in [2.24, 2.45) is 0 Å². The number of hydrogen-bond donors (Lipinski definition) is 0. The molecule has 0 amide bonds. The average molecular weight is 655 g/mol. The van der Waals surface area contributed by atoms with Gasteiger partial charge in [-0.1, -0.05) is 115 Å². The smallest absolute Gasteiger partial charge is 0.425 e. The van der Waals surface area contributed by atoms with E-state index in [0.717, 1.165) is 37.7 Å². The van der Waals surface area contributed by atoms with Crippen LogP contribution in [0, 0.1) is 0 Å². The van der Waals surface area contributed by atoms with Gasteiger partial charge in [0.25, 0.3) is 0 Å². The number of aromatic nitrogens is 2. The van der Waals surface area contributed by atoms with Gasteiger partial charge in [0.2, 0.25) is 0 Å². The van der Waals surface area contributed by atoms with Gasteiger partial charge in [0.05, 0.1) is 11.1 Å². The Morgan fingerprint density at radius 1 is 0.660 bits per heavy atom. The molecule has 9 heteroatoms. The SMILES string of the molecule is CCCCCCCCCCc1ccc(-c2ncc(C(=O)Oc3ccc(C(=O)OC(CCCCCCCC)C(F)(F)F)cc3)cn2)cc1. The monoisotopic (exact) mass is 654 g/mol. The van der Waals surface area contributed by atoms with E-state index in [0.29, 0.717) is 18.7 Å². The van der Waals surface area contributed by atoms with Crippen molar-refractivity contribution >= 4 is 11.9 Å². The van der Waals surface area contributed by atoms with Crippen molar-refractivity contribution in [3.63, 3.8) is 0 Å². The van der Waals surface area contributed by atoms with Crippen molar-refractivity contribution < 1.29 is 32.2 Å². The number of hydrogen-bond acceptors (Lipinski definition) is 6. The average Bonchev–Trinajstić information content (AvgIpc) is 3.07. The Morgan fingerprint density at radius 3 is 1.74 bits per heavy atom. The number of ether oxygens (including phenoxy) is 2. The molecule has 47 heavy (non-hydrogen) atoms. The molecule has 0 spiro atoms. The first-order valence-electron chi connectivity index (χ1n) is 17.2. The zero-order valence-electron chi connectivity index (χ0n) is 27.8. The minimum absolute atomic E-state index is 0.0708. The van der Waals surface area contributed by atoms with E-state index in [1.165, 1.54) is 93.6 Å². The lowest BCUT2D eigenvalue weighted by molar-refractivity contribution is -0.206. The Balaban J connectivity index is 1.45. The molecule has 6 nitrogen and oxygen atoms in total. The van der Waals surface area contributed by atoms with Gasteiger partial charge >= 0.3 is 18.1 Å². The molecule has 2 aromatic carbocycles. The number of carbonyl (C=O) groups is 2. The van der Waals surface area contributed by atoms with E-state index in [-0.39, 0.29) is 23.3 Å². The van der Waals surface area contributed by atoms with Crippen LogP contribution in [0.25, 0.3) is 11.4 Å². The van der Waals surface area contributed by atoms with Crippen LogP contribution in [0.4, 0.5) is 13.2 Å². The maximum atomic E-state index is 13.5. The van der Waals surface area contributed by atoms with Crippen LogP contribution in [0.1, 0.15) is 136 Å². The van der Waals surface area contributed by atoms with Gasteiger partial charge in [-0.25, -0.2) is 19.6 Å². The highest BCUT2D eigenvalue weighted by atomic mass is 19.4. The summed E-state index contributed by atoms with van der Waals surface area (Å²) in [6.45, 7) is 4.31. The molecule has 0 saturated heterocycles. The standard InChI is InChI=1S/C38H49F3N2O4/c1-3-5-7-9-11-12-13-15-17-29-19-21-30(22-20-29)35-42-27-32(28-43-35)37(45)46-33-25-23-31(24-26-33)36(44)47-34(38(39,40)41)18-16-14-10-8-6-4-2/h19-28,34H,3-18H2,1-2H3. The zero-order valence-corrected chi connectivity index (χ0v) is 27.8. The summed E-state index contributed by atoms with van der Waals surface area (Å²) >= 11 is 0. The summed E-state index contributed by atoms with van der Waals surface area (Å²) in [7, 11) is 0. The van der Waals surface area contributed by atoms with Gasteiger partial charge in [-0.3, -0.25) is 0 Å². The highest BCUT2D eigenvalue weighted by Gasteiger charge is 2.42. The van der Waals surface area contributed by atoms with Gasteiger partial charge in [0.15, 0.2) is 11.9 Å². The van der Waals surface area contributed by atoms with Crippen LogP contribution in [0.2, 0.25) is 0 Å². The molecule has 256 valence electrons. The molecule has 1 heterocycles. The molecule has 0 saturated carbocycles. The van der Waals surface area contributed by atoms with Gasteiger partial charge in [-0.05, 0) is 55.5 Å². The van der Waals surface area contributed by atoms with Gasteiger partial charge in [0.1, 0.15) is 5.75 Å². The Morgan fingerprint density at radius 2 is 1.19 bits per heavy atom. The van der Waals surface area contributed by atoms with Crippen LogP contribution in [0.3, 0.4) is 0 Å². The number of rotatable bonds is 21. The van der Waals surface area contributed by atoms with Crippen molar-refractivity contribution in [2.45, 2.75) is 129 Å². The number of benzene rings is 2. The van der Waals surface area contributed by atoms with E-state index in [1.54, 1.807) is 0 Å². The van der Waals surface area contributed by atoms with Crippen molar-refractivity contribution in [1.82, 2.24) is 9.97 Å². The molecule has 0 fully saturated rings. The lowest BCUT2D eigenvalue weighted by atomic mass is 10.0. The summed E-state index contributed by atoms with van der Waals surface area (Å²) in [6, 6.07) is 13.3. The number of nitrogens with zero attached hydrogens (tertiary/aromatic N) is 2. The second kappa shape index (κ2) is 20.5. The number of alkyl halides is 3. The first kappa shape index (κ1) is 37.7. The number of halogens is 3. The molecule has 3 aromatic rings. The van der Waals surface area contributed by atoms with Crippen LogP contribution in [-0.2, 0) is 11.2 Å². The van der Waals surface area contributed by atoms with Crippen LogP contribution in [-0.4, -0.2) is 34.2 Å². The van der Waals surface area contributed by atoms with E-state index in [1.807, 2.05) is 12.1 Å². The zero-order chi connectivity index (χ0) is 33.9. The Labute approximate surface area is 277 Å². The van der Waals surface area contributed by atoms with Gasteiger partial charge in [-0.15, -0.1) is 0 Å². The van der Waals surface area contributed by atoms with E-state index in [2.05, 4.69) is 35.9 Å².